The molecule has 5 heteroatoms. The van der Waals surface area contributed by atoms with E-state index in [1.165, 1.54) is 0 Å². The summed E-state index contributed by atoms with van der Waals surface area (Å²) in [5.41, 5.74) is 0.583. The summed E-state index contributed by atoms with van der Waals surface area (Å²) in [4.78, 5) is 12.0. The number of aliphatic hydroxyl groups excluding tert-OH is 1. The van der Waals surface area contributed by atoms with Crippen molar-refractivity contribution in [1.29, 1.82) is 0 Å². The van der Waals surface area contributed by atoms with Crippen LogP contribution in [0.2, 0.25) is 0 Å². The van der Waals surface area contributed by atoms with Gasteiger partial charge in [-0.3, -0.25) is 4.79 Å². The fourth-order valence-corrected chi connectivity index (χ4v) is 2.93. The number of methoxy groups -OCH3 is 1. The van der Waals surface area contributed by atoms with Gasteiger partial charge < -0.3 is 15.2 Å². The van der Waals surface area contributed by atoms with Gasteiger partial charge in [-0.25, -0.2) is 0 Å². The zero-order valence-corrected chi connectivity index (χ0v) is 12.4. The van der Waals surface area contributed by atoms with E-state index in [1.54, 1.807) is 25.3 Å². The van der Waals surface area contributed by atoms with Gasteiger partial charge in [0.2, 0.25) is 0 Å². The molecule has 1 saturated carbocycles. The van der Waals surface area contributed by atoms with Gasteiger partial charge in [0.15, 0.2) is 0 Å². The summed E-state index contributed by atoms with van der Waals surface area (Å²) < 4.78 is 5.88. The number of aliphatic hydroxyl groups is 1. The van der Waals surface area contributed by atoms with Crippen LogP contribution in [0.4, 0.5) is 0 Å². The van der Waals surface area contributed by atoms with E-state index in [-0.39, 0.29) is 17.9 Å². The van der Waals surface area contributed by atoms with Gasteiger partial charge >= 0.3 is 0 Å². The van der Waals surface area contributed by atoms with Crippen molar-refractivity contribution in [2.24, 2.45) is 5.92 Å². The number of benzene rings is 1. The molecule has 0 aliphatic heterocycles. The molecule has 1 amide bonds. The molecule has 104 valence electrons. The summed E-state index contributed by atoms with van der Waals surface area (Å²) in [5, 5.41) is 12.6. The van der Waals surface area contributed by atoms with Crippen LogP contribution in [0, 0.1) is 5.92 Å². The van der Waals surface area contributed by atoms with Crippen molar-refractivity contribution >= 4 is 21.8 Å². The average molecular weight is 328 g/mol. The maximum absolute atomic E-state index is 12.0. The number of nitrogens with one attached hydrogen (secondary N) is 1. The molecule has 0 aromatic heterocycles. The molecule has 4 nitrogen and oxygen atoms in total. The SMILES string of the molecule is COc1ccc(C(=O)NCC2CCCC2O)cc1Br. The third kappa shape index (κ3) is 3.48. The van der Waals surface area contributed by atoms with Crippen LogP contribution in [-0.4, -0.2) is 30.8 Å². The van der Waals surface area contributed by atoms with Gasteiger partial charge in [-0.2, -0.15) is 0 Å². The normalized spacial score (nSPS) is 22.3. The van der Waals surface area contributed by atoms with Crippen molar-refractivity contribution < 1.29 is 14.6 Å². The lowest BCUT2D eigenvalue weighted by atomic mass is 10.1. The minimum Gasteiger partial charge on any atom is -0.496 e. The van der Waals surface area contributed by atoms with E-state index in [2.05, 4.69) is 21.2 Å². The van der Waals surface area contributed by atoms with Crippen LogP contribution in [0.25, 0.3) is 0 Å². The summed E-state index contributed by atoms with van der Waals surface area (Å²) in [6.07, 6.45) is 2.58. The molecule has 1 aliphatic carbocycles. The highest BCUT2D eigenvalue weighted by Crippen LogP contribution is 2.26. The maximum atomic E-state index is 12.0. The zero-order valence-electron chi connectivity index (χ0n) is 10.9. The quantitative estimate of drug-likeness (QED) is 0.892. The standard InChI is InChI=1S/C14H18BrNO3/c1-19-13-6-5-9(7-11(13)15)14(18)16-8-10-3-2-4-12(10)17/h5-7,10,12,17H,2-4,8H2,1H3,(H,16,18). The van der Waals surface area contributed by atoms with Crippen molar-refractivity contribution in [2.45, 2.75) is 25.4 Å². The molecule has 2 rings (SSSR count). The summed E-state index contributed by atoms with van der Waals surface area (Å²) >= 11 is 3.36. The number of rotatable bonds is 4. The Hall–Kier alpha value is -1.07. The Labute approximate surface area is 121 Å². The lowest BCUT2D eigenvalue weighted by Crippen LogP contribution is -2.32. The van der Waals surface area contributed by atoms with Gasteiger partial charge in [-0.1, -0.05) is 6.42 Å². The Bertz CT molecular complexity index is 464. The molecular weight excluding hydrogens is 310 g/mol. The first-order chi connectivity index (χ1) is 9.11. The van der Waals surface area contributed by atoms with Gasteiger partial charge in [0.05, 0.1) is 17.7 Å². The topological polar surface area (TPSA) is 58.6 Å². The van der Waals surface area contributed by atoms with Crippen LogP contribution in [0.15, 0.2) is 22.7 Å². The molecule has 1 aromatic rings. The van der Waals surface area contributed by atoms with Crippen molar-refractivity contribution in [3.63, 3.8) is 0 Å². The monoisotopic (exact) mass is 327 g/mol. The molecule has 1 aromatic carbocycles. The molecule has 2 atom stereocenters. The van der Waals surface area contributed by atoms with Crippen LogP contribution >= 0.6 is 15.9 Å². The summed E-state index contributed by atoms with van der Waals surface area (Å²) in [6.45, 7) is 0.531. The minimum atomic E-state index is -0.275. The van der Waals surface area contributed by atoms with Gasteiger partial charge in [0.25, 0.3) is 5.91 Å². The number of carbonyl (C=O) groups is 1. The predicted molar refractivity (Wildman–Crippen MR) is 76.4 cm³/mol. The fraction of sp³-hybridized carbons (Fsp3) is 0.500. The van der Waals surface area contributed by atoms with Crippen molar-refractivity contribution in [2.75, 3.05) is 13.7 Å². The Morgan fingerprint density at radius 3 is 2.89 bits per heavy atom. The Morgan fingerprint density at radius 2 is 2.32 bits per heavy atom. The molecule has 0 spiro atoms. The minimum absolute atomic E-state index is 0.123. The number of carbonyl (C=O) groups excluding carboxylic acids is 1. The highest BCUT2D eigenvalue weighted by atomic mass is 79.9. The number of amides is 1. The first-order valence-electron chi connectivity index (χ1n) is 6.41. The molecule has 1 aliphatic rings. The Morgan fingerprint density at radius 1 is 1.53 bits per heavy atom. The smallest absolute Gasteiger partial charge is 0.251 e. The molecule has 2 N–H and O–H groups in total. The van der Waals surface area contributed by atoms with E-state index < -0.39 is 0 Å². The van der Waals surface area contributed by atoms with Crippen molar-refractivity contribution in [3.05, 3.63) is 28.2 Å². The number of ether oxygens (including phenoxy) is 1. The summed E-state index contributed by atoms with van der Waals surface area (Å²) in [5.74, 6) is 0.760. The maximum Gasteiger partial charge on any atom is 0.251 e. The van der Waals surface area contributed by atoms with E-state index in [1.807, 2.05) is 0 Å². The van der Waals surface area contributed by atoms with Crippen LogP contribution in [0.1, 0.15) is 29.6 Å². The molecule has 0 radical (unpaired) electrons. The fourth-order valence-electron chi connectivity index (χ4n) is 2.39. The van der Waals surface area contributed by atoms with E-state index >= 15 is 0 Å². The first-order valence-corrected chi connectivity index (χ1v) is 7.21. The van der Waals surface area contributed by atoms with E-state index in [9.17, 15) is 9.90 Å². The molecular formula is C14H18BrNO3. The Kier molecular flexibility index (Phi) is 4.82. The predicted octanol–water partition coefficient (Wildman–Crippen LogP) is 2.35. The lowest BCUT2D eigenvalue weighted by Gasteiger charge is -2.15. The first kappa shape index (κ1) is 14.3. The molecule has 19 heavy (non-hydrogen) atoms. The second kappa shape index (κ2) is 6.39. The largest absolute Gasteiger partial charge is 0.496 e. The van der Waals surface area contributed by atoms with Crippen molar-refractivity contribution in [1.82, 2.24) is 5.32 Å². The summed E-state index contributed by atoms with van der Waals surface area (Å²) in [7, 11) is 1.58. The van der Waals surface area contributed by atoms with Gasteiger partial charge in [0.1, 0.15) is 5.75 Å². The van der Waals surface area contributed by atoms with Crippen LogP contribution in [0.5, 0.6) is 5.75 Å². The highest BCUT2D eigenvalue weighted by molar-refractivity contribution is 9.10. The highest BCUT2D eigenvalue weighted by Gasteiger charge is 2.25. The van der Waals surface area contributed by atoms with Crippen LogP contribution < -0.4 is 10.1 Å². The molecule has 1 fully saturated rings. The second-order valence-corrected chi connectivity index (χ2v) is 5.67. The zero-order chi connectivity index (χ0) is 13.8. The van der Waals surface area contributed by atoms with E-state index in [0.29, 0.717) is 17.9 Å². The van der Waals surface area contributed by atoms with Crippen LogP contribution in [-0.2, 0) is 0 Å². The third-order valence-electron chi connectivity index (χ3n) is 3.56. The number of hydrogen-bond donors (Lipinski definition) is 2. The summed E-state index contributed by atoms with van der Waals surface area (Å²) in [6, 6.07) is 5.21. The molecule has 0 bridgehead atoms. The molecule has 0 heterocycles. The lowest BCUT2D eigenvalue weighted by molar-refractivity contribution is 0.0916. The van der Waals surface area contributed by atoms with Gasteiger partial charge in [0, 0.05) is 18.0 Å². The third-order valence-corrected chi connectivity index (χ3v) is 4.18. The Balaban J connectivity index is 1.94. The van der Waals surface area contributed by atoms with Crippen molar-refractivity contribution in [3.8, 4) is 5.75 Å². The number of halogens is 1. The average Bonchev–Trinajstić information content (AvgIpc) is 2.81. The van der Waals surface area contributed by atoms with Gasteiger partial charge in [-0.15, -0.1) is 0 Å². The van der Waals surface area contributed by atoms with E-state index in [4.69, 9.17) is 4.74 Å². The second-order valence-electron chi connectivity index (χ2n) is 4.82. The number of hydrogen-bond acceptors (Lipinski definition) is 3. The molecule has 2 unspecified atom stereocenters. The van der Waals surface area contributed by atoms with Gasteiger partial charge in [-0.05, 0) is 47.0 Å². The van der Waals surface area contributed by atoms with Crippen LogP contribution in [0.3, 0.4) is 0 Å². The molecule has 0 saturated heterocycles. The van der Waals surface area contributed by atoms with E-state index in [0.717, 1.165) is 23.7 Å².